The summed E-state index contributed by atoms with van der Waals surface area (Å²) in [6.07, 6.45) is 1.53. The molecule has 0 aliphatic heterocycles. The van der Waals surface area contributed by atoms with Crippen molar-refractivity contribution in [3.8, 4) is 0 Å². The number of nitrogen functional groups attached to an aromatic ring is 1. The fraction of sp³-hybridized carbons (Fsp3) is 0.0769. The van der Waals surface area contributed by atoms with Crippen LogP contribution in [0.15, 0.2) is 47.1 Å². The third kappa shape index (κ3) is 3.77. The number of amides is 1. The van der Waals surface area contributed by atoms with Crippen LogP contribution in [0.3, 0.4) is 0 Å². The summed E-state index contributed by atoms with van der Waals surface area (Å²) in [7, 11) is 0. The Morgan fingerprint density at radius 1 is 1.32 bits per heavy atom. The van der Waals surface area contributed by atoms with Gasteiger partial charge < -0.3 is 10.7 Å². The van der Waals surface area contributed by atoms with E-state index in [1.165, 1.54) is 6.20 Å². The average molecular weight is 321 g/mol. The summed E-state index contributed by atoms with van der Waals surface area (Å²) in [6, 6.07) is 11.0. The first-order valence-corrected chi connectivity index (χ1v) is 6.43. The van der Waals surface area contributed by atoms with Crippen molar-refractivity contribution in [2.75, 3.05) is 5.43 Å². The number of carbonyl (C=O) groups is 1. The second-order valence-corrected chi connectivity index (χ2v) is 4.80. The molecule has 1 amide bonds. The molecular formula is C13H13BrN4O. The second-order valence-electron chi connectivity index (χ2n) is 3.89. The number of benzene rings is 1. The van der Waals surface area contributed by atoms with Gasteiger partial charge in [-0.15, -0.1) is 0 Å². The minimum atomic E-state index is -0.239. The largest absolute Gasteiger partial charge is 0.347 e. The molecule has 1 aromatic carbocycles. The van der Waals surface area contributed by atoms with Crippen molar-refractivity contribution in [1.29, 1.82) is 0 Å². The molecule has 5 nitrogen and oxygen atoms in total. The van der Waals surface area contributed by atoms with Crippen molar-refractivity contribution in [2.24, 2.45) is 5.84 Å². The molecule has 4 N–H and O–H groups in total. The number of rotatable bonds is 4. The maximum Gasteiger partial charge on any atom is 0.270 e. The molecule has 0 spiro atoms. The molecule has 19 heavy (non-hydrogen) atoms. The zero-order valence-electron chi connectivity index (χ0n) is 10.1. The number of pyridine rings is 1. The molecule has 0 bridgehead atoms. The molecule has 0 aliphatic rings. The zero-order chi connectivity index (χ0) is 13.7. The molecule has 0 unspecified atom stereocenters. The van der Waals surface area contributed by atoms with Crippen LogP contribution < -0.4 is 16.6 Å². The molecule has 1 heterocycles. The number of hydrazine groups is 1. The third-order valence-electron chi connectivity index (χ3n) is 2.50. The summed E-state index contributed by atoms with van der Waals surface area (Å²) in [5, 5.41) is 2.80. The van der Waals surface area contributed by atoms with Gasteiger partial charge in [-0.25, -0.2) is 0 Å². The number of anilines is 1. The van der Waals surface area contributed by atoms with E-state index in [9.17, 15) is 4.79 Å². The topological polar surface area (TPSA) is 80.0 Å². The van der Waals surface area contributed by atoms with E-state index in [4.69, 9.17) is 5.84 Å². The molecule has 0 aliphatic carbocycles. The highest BCUT2D eigenvalue weighted by molar-refractivity contribution is 9.10. The SMILES string of the molecule is NNc1ccnc(C(=O)NCc2cccc(Br)c2)c1. The lowest BCUT2D eigenvalue weighted by molar-refractivity contribution is 0.0946. The van der Waals surface area contributed by atoms with Gasteiger partial charge in [0.25, 0.3) is 5.91 Å². The van der Waals surface area contributed by atoms with Crippen molar-refractivity contribution in [1.82, 2.24) is 10.3 Å². The van der Waals surface area contributed by atoms with Crippen molar-refractivity contribution in [3.05, 3.63) is 58.3 Å². The van der Waals surface area contributed by atoms with Gasteiger partial charge in [0, 0.05) is 17.2 Å². The Morgan fingerprint density at radius 3 is 2.89 bits per heavy atom. The lowest BCUT2D eigenvalue weighted by Crippen LogP contribution is -2.24. The maximum atomic E-state index is 11.9. The number of carbonyl (C=O) groups excluding carboxylic acids is 1. The van der Waals surface area contributed by atoms with E-state index in [1.807, 2.05) is 24.3 Å². The summed E-state index contributed by atoms with van der Waals surface area (Å²) in [6.45, 7) is 0.445. The Morgan fingerprint density at radius 2 is 2.16 bits per heavy atom. The van der Waals surface area contributed by atoms with Crippen molar-refractivity contribution in [2.45, 2.75) is 6.54 Å². The van der Waals surface area contributed by atoms with Crippen LogP contribution in [-0.4, -0.2) is 10.9 Å². The van der Waals surface area contributed by atoms with Gasteiger partial charge in [-0.05, 0) is 29.8 Å². The fourth-order valence-electron chi connectivity index (χ4n) is 1.56. The van der Waals surface area contributed by atoms with Crippen molar-refractivity contribution < 1.29 is 4.79 Å². The number of nitrogens with two attached hydrogens (primary N) is 1. The fourth-order valence-corrected chi connectivity index (χ4v) is 2.01. The first-order chi connectivity index (χ1) is 9.19. The van der Waals surface area contributed by atoms with E-state index in [-0.39, 0.29) is 5.91 Å². The predicted octanol–water partition coefficient (Wildman–Crippen LogP) is 2.06. The molecule has 2 rings (SSSR count). The molecule has 98 valence electrons. The molecule has 6 heteroatoms. The van der Waals surface area contributed by atoms with Crippen LogP contribution in [0.5, 0.6) is 0 Å². The van der Waals surface area contributed by atoms with E-state index >= 15 is 0 Å². The Balaban J connectivity index is 2.01. The third-order valence-corrected chi connectivity index (χ3v) is 2.99. The number of aromatic nitrogens is 1. The number of hydrogen-bond donors (Lipinski definition) is 3. The predicted molar refractivity (Wildman–Crippen MR) is 77.4 cm³/mol. The zero-order valence-corrected chi connectivity index (χ0v) is 11.6. The molecule has 0 atom stereocenters. The lowest BCUT2D eigenvalue weighted by Gasteiger charge is -2.06. The van der Waals surface area contributed by atoms with Crippen LogP contribution in [0.4, 0.5) is 5.69 Å². The van der Waals surface area contributed by atoms with E-state index in [2.05, 4.69) is 31.7 Å². The molecule has 1 aromatic heterocycles. The Kier molecular flexibility index (Phi) is 4.48. The molecule has 0 fully saturated rings. The average Bonchev–Trinajstić information content (AvgIpc) is 2.45. The van der Waals surface area contributed by atoms with E-state index in [0.29, 0.717) is 17.9 Å². The Bertz CT molecular complexity index is 588. The van der Waals surface area contributed by atoms with Gasteiger partial charge in [0.05, 0.1) is 5.69 Å². The number of nitrogens with one attached hydrogen (secondary N) is 2. The minimum Gasteiger partial charge on any atom is -0.347 e. The molecule has 0 saturated carbocycles. The summed E-state index contributed by atoms with van der Waals surface area (Å²) < 4.78 is 0.978. The van der Waals surface area contributed by atoms with Gasteiger partial charge in [-0.1, -0.05) is 28.1 Å². The van der Waals surface area contributed by atoms with Crippen LogP contribution in [0.2, 0.25) is 0 Å². The second kappa shape index (κ2) is 6.31. The number of nitrogens with zero attached hydrogens (tertiary/aromatic N) is 1. The molecule has 2 aromatic rings. The van der Waals surface area contributed by atoms with Gasteiger partial charge in [-0.2, -0.15) is 0 Å². The Hall–Kier alpha value is -1.92. The summed E-state index contributed by atoms with van der Waals surface area (Å²) in [5.74, 6) is 5.05. The first kappa shape index (κ1) is 13.5. The summed E-state index contributed by atoms with van der Waals surface area (Å²) in [5.41, 5.74) is 4.45. The normalized spacial score (nSPS) is 10.0. The quantitative estimate of drug-likeness (QED) is 0.595. The lowest BCUT2D eigenvalue weighted by atomic mass is 10.2. The van der Waals surface area contributed by atoms with Crippen LogP contribution >= 0.6 is 15.9 Å². The van der Waals surface area contributed by atoms with Gasteiger partial charge in [0.2, 0.25) is 0 Å². The Labute approximate surface area is 119 Å². The molecular weight excluding hydrogens is 308 g/mol. The van der Waals surface area contributed by atoms with Crippen LogP contribution in [0.25, 0.3) is 0 Å². The number of hydrogen-bond acceptors (Lipinski definition) is 4. The van der Waals surface area contributed by atoms with E-state index in [0.717, 1.165) is 10.0 Å². The van der Waals surface area contributed by atoms with Gasteiger partial charge >= 0.3 is 0 Å². The van der Waals surface area contributed by atoms with E-state index in [1.54, 1.807) is 12.1 Å². The van der Waals surface area contributed by atoms with Gasteiger partial charge in [-0.3, -0.25) is 15.6 Å². The standard InChI is InChI=1S/C13H13BrN4O/c14-10-3-1-2-9(6-10)8-17-13(19)12-7-11(18-15)4-5-16-12/h1-7H,8,15H2,(H,16,18)(H,17,19). The molecule has 0 radical (unpaired) electrons. The van der Waals surface area contributed by atoms with Crippen molar-refractivity contribution in [3.63, 3.8) is 0 Å². The molecule has 0 saturated heterocycles. The highest BCUT2D eigenvalue weighted by Gasteiger charge is 2.07. The van der Waals surface area contributed by atoms with Crippen LogP contribution in [0.1, 0.15) is 16.1 Å². The smallest absolute Gasteiger partial charge is 0.270 e. The van der Waals surface area contributed by atoms with Crippen LogP contribution in [-0.2, 0) is 6.54 Å². The van der Waals surface area contributed by atoms with Crippen molar-refractivity contribution >= 4 is 27.5 Å². The van der Waals surface area contributed by atoms with Gasteiger partial charge in [0.15, 0.2) is 0 Å². The van der Waals surface area contributed by atoms with Gasteiger partial charge in [0.1, 0.15) is 5.69 Å². The summed E-state index contributed by atoms with van der Waals surface area (Å²) >= 11 is 3.39. The number of halogens is 1. The first-order valence-electron chi connectivity index (χ1n) is 5.64. The highest BCUT2D eigenvalue weighted by Crippen LogP contribution is 2.11. The maximum absolute atomic E-state index is 11.9. The summed E-state index contributed by atoms with van der Waals surface area (Å²) in [4.78, 5) is 15.9. The highest BCUT2D eigenvalue weighted by atomic mass is 79.9. The van der Waals surface area contributed by atoms with Crippen LogP contribution in [0, 0.1) is 0 Å². The minimum absolute atomic E-state index is 0.239. The van der Waals surface area contributed by atoms with E-state index < -0.39 is 0 Å². The monoisotopic (exact) mass is 320 g/mol.